The molecule has 82 valence electrons. The maximum absolute atomic E-state index is 11.5. The second-order valence-corrected chi connectivity index (χ2v) is 4.83. The van der Waals surface area contributed by atoms with Crippen LogP contribution in [0.5, 0.6) is 0 Å². The summed E-state index contributed by atoms with van der Waals surface area (Å²) < 4.78 is 1.15. The van der Waals surface area contributed by atoms with Crippen molar-refractivity contribution in [2.45, 2.75) is 26.8 Å². The second-order valence-electron chi connectivity index (χ2n) is 3.67. The molecule has 1 aromatic carbocycles. The zero-order valence-electron chi connectivity index (χ0n) is 9.10. The fourth-order valence-electron chi connectivity index (χ4n) is 1.16. The highest BCUT2D eigenvalue weighted by Gasteiger charge is 2.06. The van der Waals surface area contributed by atoms with Crippen molar-refractivity contribution in [1.82, 2.24) is 5.32 Å². The molecule has 0 saturated heterocycles. The molecule has 1 aromatic rings. The summed E-state index contributed by atoms with van der Waals surface area (Å²) >= 11 is 2.25. The number of benzene rings is 1. The lowest BCUT2D eigenvalue weighted by Crippen LogP contribution is -2.34. The first kappa shape index (κ1) is 12.3. The van der Waals surface area contributed by atoms with Crippen LogP contribution in [0.1, 0.15) is 19.4 Å². The minimum absolute atomic E-state index is 0.146. The Kier molecular flexibility index (Phi) is 4.38. The summed E-state index contributed by atoms with van der Waals surface area (Å²) in [5.74, 6) is 0. The molecule has 1 rings (SSSR count). The van der Waals surface area contributed by atoms with Gasteiger partial charge in [0.25, 0.3) is 0 Å². The average molecular weight is 318 g/mol. The van der Waals surface area contributed by atoms with Gasteiger partial charge in [0.15, 0.2) is 0 Å². The van der Waals surface area contributed by atoms with Gasteiger partial charge in [-0.2, -0.15) is 0 Å². The molecule has 0 heterocycles. The fraction of sp³-hybridized carbons (Fsp3) is 0.364. The number of rotatable bonds is 2. The van der Waals surface area contributed by atoms with E-state index in [1.54, 1.807) is 0 Å². The Labute approximate surface area is 104 Å². The Morgan fingerprint density at radius 1 is 1.40 bits per heavy atom. The van der Waals surface area contributed by atoms with E-state index in [9.17, 15) is 4.79 Å². The van der Waals surface area contributed by atoms with Crippen LogP contribution in [-0.4, -0.2) is 12.1 Å². The van der Waals surface area contributed by atoms with E-state index in [0.717, 1.165) is 14.8 Å². The van der Waals surface area contributed by atoms with Crippen molar-refractivity contribution in [3.05, 3.63) is 27.3 Å². The number of hydrogen-bond donors (Lipinski definition) is 2. The van der Waals surface area contributed by atoms with Crippen molar-refractivity contribution in [3.63, 3.8) is 0 Å². The maximum Gasteiger partial charge on any atom is 0.319 e. The first-order valence-electron chi connectivity index (χ1n) is 4.83. The fourth-order valence-corrected chi connectivity index (χ4v) is 1.66. The largest absolute Gasteiger partial charge is 0.336 e. The van der Waals surface area contributed by atoms with Crippen LogP contribution in [0.4, 0.5) is 10.5 Å². The van der Waals surface area contributed by atoms with E-state index in [1.165, 1.54) is 0 Å². The highest BCUT2D eigenvalue weighted by molar-refractivity contribution is 14.1. The topological polar surface area (TPSA) is 41.1 Å². The van der Waals surface area contributed by atoms with Gasteiger partial charge >= 0.3 is 6.03 Å². The summed E-state index contributed by atoms with van der Waals surface area (Å²) in [6, 6.07) is 5.83. The highest BCUT2D eigenvalue weighted by Crippen LogP contribution is 2.19. The number of hydrogen-bond acceptors (Lipinski definition) is 1. The Morgan fingerprint density at radius 2 is 2.07 bits per heavy atom. The number of carbonyl (C=O) groups excluding carboxylic acids is 1. The predicted octanol–water partition coefficient (Wildman–Crippen LogP) is 3.13. The molecule has 15 heavy (non-hydrogen) atoms. The molecule has 0 spiro atoms. The molecule has 0 unspecified atom stereocenters. The van der Waals surface area contributed by atoms with Crippen LogP contribution < -0.4 is 10.6 Å². The van der Waals surface area contributed by atoms with Gasteiger partial charge in [-0.15, -0.1) is 0 Å². The minimum atomic E-state index is -0.157. The van der Waals surface area contributed by atoms with Crippen LogP contribution in [0, 0.1) is 10.5 Å². The van der Waals surface area contributed by atoms with E-state index in [1.807, 2.05) is 39.0 Å². The van der Waals surface area contributed by atoms with Crippen molar-refractivity contribution >= 4 is 34.3 Å². The Bertz CT molecular complexity index is 364. The first-order chi connectivity index (χ1) is 7.00. The smallest absolute Gasteiger partial charge is 0.319 e. The third-order valence-corrected chi connectivity index (χ3v) is 3.10. The Hall–Kier alpha value is -0.780. The molecule has 0 aliphatic rings. The number of anilines is 1. The highest BCUT2D eigenvalue weighted by atomic mass is 127. The summed E-state index contributed by atoms with van der Waals surface area (Å²) in [4.78, 5) is 11.5. The number of carbonyl (C=O) groups is 1. The quantitative estimate of drug-likeness (QED) is 0.808. The molecule has 2 amide bonds. The van der Waals surface area contributed by atoms with Gasteiger partial charge in [-0.3, -0.25) is 0 Å². The number of halogens is 1. The first-order valence-corrected chi connectivity index (χ1v) is 5.91. The van der Waals surface area contributed by atoms with Gasteiger partial charge < -0.3 is 10.6 Å². The van der Waals surface area contributed by atoms with Crippen molar-refractivity contribution in [2.75, 3.05) is 5.32 Å². The summed E-state index contributed by atoms with van der Waals surface area (Å²) in [5, 5.41) is 5.61. The van der Waals surface area contributed by atoms with Gasteiger partial charge in [0.1, 0.15) is 0 Å². The lowest BCUT2D eigenvalue weighted by Gasteiger charge is -2.12. The molecule has 2 N–H and O–H groups in total. The van der Waals surface area contributed by atoms with Gasteiger partial charge in [-0.05, 0) is 61.1 Å². The molecular weight excluding hydrogens is 303 g/mol. The maximum atomic E-state index is 11.5. The molecular formula is C11H15IN2O. The van der Waals surface area contributed by atoms with Crippen LogP contribution in [0.25, 0.3) is 0 Å². The summed E-state index contributed by atoms with van der Waals surface area (Å²) in [6.07, 6.45) is 0. The molecule has 4 heteroatoms. The predicted molar refractivity (Wildman–Crippen MR) is 71.2 cm³/mol. The molecule has 0 bridgehead atoms. The van der Waals surface area contributed by atoms with E-state index in [4.69, 9.17) is 0 Å². The normalized spacial score (nSPS) is 10.2. The van der Waals surface area contributed by atoms with E-state index >= 15 is 0 Å². The third kappa shape index (κ3) is 3.70. The van der Waals surface area contributed by atoms with Crippen LogP contribution in [0.15, 0.2) is 18.2 Å². The van der Waals surface area contributed by atoms with Gasteiger partial charge in [0, 0.05) is 15.3 Å². The van der Waals surface area contributed by atoms with Crippen molar-refractivity contribution in [1.29, 1.82) is 0 Å². The standard InChI is InChI=1S/C11H15IN2O/c1-7(2)13-11(15)14-10-6-4-5-9(12)8(10)3/h4-7H,1-3H3,(H2,13,14,15). The molecule has 0 fully saturated rings. The molecule has 0 radical (unpaired) electrons. The van der Waals surface area contributed by atoms with Gasteiger partial charge in [-0.25, -0.2) is 4.79 Å². The molecule has 0 aliphatic carbocycles. The lowest BCUT2D eigenvalue weighted by molar-refractivity contribution is 0.250. The Balaban J connectivity index is 2.73. The van der Waals surface area contributed by atoms with Crippen molar-refractivity contribution < 1.29 is 4.79 Å². The average Bonchev–Trinajstić information content (AvgIpc) is 2.11. The van der Waals surface area contributed by atoms with Crippen LogP contribution >= 0.6 is 22.6 Å². The van der Waals surface area contributed by atoms with Crippen LogP contribution in [0.2, 0.25) is 0 Å². The van der Waals surface area contributed by atoms with E-state index in [2.05, 4.69) is 33.2 Å². The molecule has 0 aromatic heterocycles. The van der Waals surface area contributed by atoms with Crippen molar-refractivity contribution in [2.24, 2.45) is 0 Å². The van der Waals surface area contributed by atoms with E-state index < -0.39 is 0 Å². The van der Waals surface area contributed by atoms with Crippen LogP contribution in [-0.2, 0) is 0 Å². The van der Waals surface area contributed by atoms with Crippen molar-refractivity contribution in [3.8, 4) is 0 Å². The molecule has 0 saturated carbocycles. The van der Waals surface area contributed by atoms with Crippen LogP contribution in [0.3, 0.4) is 0 Å². The molecule has 3 nitrogen and oxygen atoms in total. The zero-order chi connectivity index (χ0) is 11.4. The van der Waals surface area contributed by atoms with Gasteiger partial charge in [-0.1, -0.05) is 6.07 Å². The summed E-state index contributed by atoms with van der Waals surface area (Å²) in [6.45, 7) is 5.86. The summed E-state index contributed by atoms with van der Waals surface area (Å²) in [5.41, 5.74) is 1.96. The van der Waals surface area contributed by atoms with E-state index in [0.29, 0.717) is 0 Å². The molecule has 0 aliphatic heterocycles. The SMILES string of the molecule is Cc1c(I)cccc1NC(=O)NC(C)C. The van der Waals surface area contributed by atoms with E-state index in [-0.39, 0.29) is 12.1 Å². The number of amides is 2. The Morgan fingerprint density at radius 3 is 2.67 bits per heavy atom. The van der Waals surface area contributed by atoms with Gasteiger partial charge in [0.2, 0.25) is 0 Å². The minimum Gasteiger partial charge on any atom is -0.336 e. The summed E-state index contributed by atoms with van der Waals surface area (Å²) in [7, 11) is 0. The second kappa shape index (κ2) is 5.34. The monoisotopic (exact) mass is 318 g/mol. The number of nitrogens with one attached hydrogen (secondary N) is 2. The van der Waals surface area contributed by atoms with Gasteiger partial charge in [0.05, 0.1) is 0 Å². The molecule has 0 atom stereocenters. The number of urea groups is 1. The lowest BCUT2D eigenvalue weighted by atomic mass is 10.2. The third-order valence-electron chi connectivity index (χ3n) is 1.94. The zero-order valence-corrected chi connectivity index (χ0v) is 11.3.